The Bertz CT molecular complexity index is 557. The van der Waals surface area contributed by atoms with E-state index in [1.165, 1.54) is 11.1 Å². The van der Waals surface area contributed by atoms with Gasteiger partial charge in [-0.3, -0.25) is 0 Å². The number of benzene rings is 2. The molecule has 0 aliphatic heterocycles. The lowest BCUT2D eigenvalue weighted by molar-refractivity contribution is 0.215. The van der Waals surface area contributed by atoms with Gasteiger partial charge in [0.1, 0.15) is 0 Å². The van der Waals surface area contributed by atoms with Gasteiger partial charge < -0.3 is 10.6 Å². The Kier molecular flexibility index (Phi) is 6.37. The summed E-state index contributed by atoms with van der Waals surface area (Å²) in [5.74, 6) is 0. The van der Waals surface area contributed by atoms with E-state index >= 15 is 0 Å². The van der Waals surface area contributed by atoms with Crippen LogP contribution in [0.3, 0.4) is 0 Å². The Labute approximate surface area is 141 Å². The number of hydrogen-bond donors (Lipinski definition) is 2. The standard InChI is InChI=1S/C21H30N2/c1-17(22-15-18-11-7-5-8-12-18)20(21(2,3)4)23-16-19-13-9-6-10-14-19/h5-14,17,20,22-23H,15-16H2,1-4H3. The molecule has 2 nitrogen and oxygen atoms in total. The summed E-state index contributed by atoms with van der Waals surface area (Å²) in [5.41, 5.74) is 2.85. The second kappa shape index (κ2) is 8.28. The largest absolute Gasteiger partial charge is 0.309 e. The second-order valence-electron chi connectivity index (χ2n) is 7.37. The zero-order chi connectivity index (χ0) is 16.7. The van der Waals surface area contributed by atoms with Crippen molar-refractivity contribution in [3.63, 3.8) is 0 Å². The van der Waals surface area contributed by atoms with Gasteiger partial charge in [-0.25, -0.2) is 0 Å². The van der Waals surface area contributed by atoms with E-state index in [0.29, 0.717) is 12.1 Å². The van der Waals surface area contributed by atoms with Crippen LogP contribution >= 0.6 is 0 Å². The molecule has 2 aromatic rings. The molecule has 0 bridgehead atoms. The van der Waals surface area contributed by atoms with Crippen LogP contribution in [-0.2, 0) is 13.1 Å². The van der Waals surface area contributed by atoms with Gasteiger partial charge in [-0.15, -0.1) is 0 Å². The van der Waals surface area contributed by atoms with E-state index in [2.05, 4.69) is 99.0 Å². The summed E-state index contributed by atoms with van der Waals surface area (Å²) < 4.78 is 0. The summed E-state index contributed by atoms with van der Waals surface area (Å²) in [6.45, 7) is 11.0. The third kappa shape index (κ3) is 5.81. The predicted molar refractivity (Wildman–Crippen MR) is 99.3 cm³/mol. The lowest BCUT2D eigenvalue weighted by atomic mass is 9.82. The third-order valence-corrected chi connectivity index (χ3v) is 4.27. The first-order valence-corrected chi connectivity index (χ1v) is 8.51. The van der Waals surface area contributed by atoms with Crippen molar-refractivity contribution < 1.29 is 0 Å². The smallest absolute Gasteiger partial charge is 0.0270 e. The molecule has 124 valence electrons. The van der Waals surface area contributed by atoms with E-state index in [0.717, 1.165) is 13.1 Å². The fourth-order valence-electron chi connectivity index (χ4n) is 3.05. The van der Waals surface area contributed by atoms with Gasteiger partial charge >= 0.3 is 0 Å². The highest BCUT2D eigenvalue weighted by Gasteiger charge is 2.28. The highest BCUT2D eigenvalue weighted by atomic mass is 15.0. The maximum atomic E-state index is 3.75. The Morgan fingerprint density at radius 1 is 0.739 bits per heavy atom. The van der Waals surface area contributed by atoms with Gasteiger partial charge in [0.25, 0.3) is 0 Å². The van der Waals surface area contributed by atoms with Crippen LogP contribution < -0.4 is 10.6 Å². The van der Waals surface area contributed by atoms with Gasteiger partial charge in [0.2, 0.25) is 0 Å². The Morgan fingerprint density at radius 3 is 1.61 bits per heavy atom. The molecule has 0 aliphatic rings. The van der Waals surface area contributed by atoms with Crippen molar-refractivity contribution in [3.05, 3.63) is 71.8 Å². The highest BCUT2D eigenvalue weighted by Crippen LogP contribution is 2.22. The zero-order valence-corrected chi connectivity index (χ0v) is 14.8. The number of nitrogens with one attached hydrogen (secondary N) is 2. The van der Waals surface area contributed by atoms with Crippen LogP contribution in [0.1, 0.15) is 38.8 Å². The van der Waals surface area contributed by atoms with Gasteiger partial charge in [-0.05, 0) is 23.5 Å². The molecule has 2 rings (SSSR count). The first-order valence-electron chi connectivity index (χ1n) is 8.51. The quantitative estimate of drug-likeness (QED) is 0.793. The van der Waals surface area contributed by atoms with Crippen LogP contribution in [0.2, 0.25) is 0 Å². The molecule has 0 aliphatic carbocycles. The second-order valence-corrected chi connectivity index (χ2v) is 7.37. The van der Waals surface area contributed by atoms with E-state index in [4.69, 9.17) is 0 Å². The monoisotopic (exact) mass is 310 g/mol. The van der Waals surface area contributed by atoms with Crippen LogP contribution in [0.15, 0.2) is 60.7 Å². The predicted octanol–water partition coefficient (Wildman–Crippen LogP) is 4.37. The molecule has 2 unspecified atom stereocenters. The molecular weight excluding hydrogens is 280 g/mol. The van der Waals surface area contributed by atoms with Gasteiger partial charge in [0, 0.05) is 25.2 Å². The molecule has 23 heavy (non-hydrogen) atoms. The van der Waals surface area contributed by atoms with E-state index in [1.54, 1.807) is 0 Å². The normalized spacial score (nSPS) is 14.4. The van der Waals surface area contributed by atoms with E-state index in [-0.39, 0.29) is 5.41 Å². The molecule has 0 fully saturated rings. The van der Waals surface area contributed by atoms with Crippen molar-refractivity contribution in [2.45, 2.75) is 52.9 Å². The van der Waals surface area contributed by atoms with Crippen LogP contribution in [0.4, 0.5) is 0 Å². The molecule has 0 aromatic heterocycles. The summed E-state index contributed by atoms with van der Waals surface area (Å²) in [6.07, 6.45) is 0. The van der Waals surface area contributed by atoms with Gasteiger partial charge in [0.05, 0.1) is 0 Å². The molecule has 0 spiro atoms. The highest BCUT2D eigenvalue weighted by molar-refractivity contribution is 5.15. The van der Waals surface area contributed by atoms with Crippen LogP contribution in [0, 0.1) is 5.41 Å². The molecular formula is C21H30N2. The first-order chi connectivity index (χ1) is 11.0. The molecule has 2 N–H and O–H groups in total. The minimum absolute atomic E-state index is 0.192. The average Bonchev–Trinajstić information content (AvgIpc) is 2.54. The SMILES string of the molecule is CC(NCc1ccccc1)C(NCc1ccccc1)C(C)(C)C. The lowest BCUT2D eigenvalue weighted by Crippen LogP contribution is -2.52. The van der Waals surface area contributed by atoms with Crippen LogP contribution in [0.25, 0.3) is 0 Å². The molecule has 0 amide bonds. The Hall–Kier alpha value is -1.64. The fourth-order valence-corrected chi connectivity index (χ4v) is 3.05. The van der Waals surface area contributed by atoms with Crippen LogP contribution in [0.5, 0.6) is 0 Å². The Morgan fingerprint density at radius 2 is 1.17 bits per heavy atom. The van der Waals surface area contributed by atoms with E-state index in [9.17, 15) is 0 Å². The van der Waals surface area contributed by atoms with E-state index < -0.39 is 0 Å². The minimum atomic E-state index is 0.192. The molecule has 0 heterocycles. The molecule has 2 atom stereocenters. The summed E-state index contributed by atoms with van der Waals surface area (Å²) in [4.78, 5) is 0. The van der Waals surface area contributed by atoms with Gasteiger partial charge in [-0.2, -0.15) is 0 Å². The summed E-state index contributed by atoms with van der Waals surface area (Å²) in [5, 5.41) is 7.43. The van der Waals surface area contributed by atoms with Crippen molar-refractivity contribution in [1.29, 1.82) is 0 Å². The maximum Gasteiger partial charge on any atom is 0.0270 e. The summed E-state index contributed by atoms with van der Waals surface area (Å²) in [6, 6.07) is 22.0. The lowest BCUT2D eigenvalue weighted by Gasteiger charge is -2.37. The van der Waals surface area contributed by atoms with Crippen molar-refractivity contribution in [3.8, 4) is 0 Å². The topological polar surface area (TPSA) is 24.1 Å². The first kappa shape index (κ1) is 17.7. The van der Waals surface area contributed by atoms with Crippen molar-refractivity contribution >= 4 is 0 Å². The summed E-state index contributed by atoms with van der Waals surface area (Å²) >= 11 is 0. The minimum Gasteiger partial charge on any atom is -0.309 e. The fraction of sp³-hybridized carbons (Fsp3) is 0.429. The molecule has 0 saturated carbocycles. The van der Waals surface area contributed by atoms with Crippen molar-refractivity contribution in [1.82, 2.24) is 10.6 Å². The van der Waals surface area contributed by atoms with Crippen molar-refractivity contribution in [2.75, 3.05) is 0 Å². The maximum absolute atomic E-state index is 3.75. The zero-order valence-electron chi connectivity index (χ0n) is 14.8. The van der Waals surface area contributed by atoms with Crippen molar-refractivity contribution in [2.24, 2.45) is 5.41 Å². The molecule has 0 saturated heterocycles. The molecule has 2 heteroatoms. The summed E-state index contributed by atoms with van der Waals surface area (Å²) in [7, 11) is 0. The van der Waals surface area contributed by atoms with Crippen LogP contribution in [-0.4, -0.2) is 12.1 Å². The Balaban J connectivity index is 1.94. The van der Waals surface area contributed by atoms with Gasteiger partial charge in [0.15, 0.2) is 0 Å². The number of rotatable bonds is 7. The average molecular weight is 310 g/mol. The van der Waals surface area contributed by atoms with E-state index in [1.807, 2.05) is 0 Å². The molecule has 0 radical (unpaired) electrons. The number of hydrogen-bond acceptors (Lipinski definition) is 2. The van der Waals surface area contributed by atoms with Gasteiger partial charge in [-0.1, -0.05) is 81.4 Å². The molecule has 2 aromatic carbocycles. The third-order valence-electron chi connectivity index (χ3n) is 4.27.